The zero-order chi connectivity index (χ0) is 14.4. The molecule has 2 atom stereocenters. The highest BCUT2D eigenvalue weighted by Crippen LogP contribution is 2.46. The van der Waals surface area contributed by atoms with Crippen molar-refractivity contribution >= 4 is 5.71 Å². The number of hydrogen-bond donors (Lipinski definition) is 1. The number of aliphatic imine (C=N–C) groups is 1. The lowest BCUT2D eigenvalue weighted by atomic mass is 9.66. The van der Waals surface area contributed by atoms with Crippen LogP contribution in [0.15, 0.2) is 40.4 Å². The molecule has 0 bridgehead atoms. The second-order valence-electron chi connectivity index (χ2n) is 7.48. The van der Waals surface area contributed by atoms with Crippen molar-refractivity contribution < 1.29 is 5.11 Å². The molecule has 19 heavy (non-hydrogen) atoms. The fourth-order valence-corrected chi connectivity index (χ4v) is 3.07. The van der Waals surface area contributed by atoms with Gasteiger partial charge in [0, 0.05) is 11.6 Å². The van der Waals surface area contributed by atoms with Gasteiger partial charge in [-0.15, -0.1) is 0 Å². The minimum atomic E-state index is -0.711. The van der Waals surface area contributed by atoms with Crippen LogP contribution in [0.25, 0.3) is 0 Å². The third-order valence-electron chi connectivity index (χ3n) is 3.75. The van der Waals surface area contributed by atoms with Gasteiger partial charge >= 0.3 is 0 Å². The summed E-state index contributed by atoms with van der Waals surface area (Å²) < 4.78 is 0. The van der Waals surface area contributed by atoms with Crippen molar-refractivity contribution in [2.75, 3.05) is 0 Å². The SMILES string of the molecule is CC(C)(C)C1=C(C(C)(C)C)C2C=CC=CC2=NC1O. The van der Waals surface area contributed by atoms with Crippen molar-refractivity contribution in [1.82, 2.24) is 0 Å². The molecule has 2 unspecified atom stereocenters. The molecule has 0 saturated heterocycles. The molecule has 0 aromatic rings. The Labute approximate surface area is 116 Å². The third kappa shape index (κ3) is 2.59. The van der Waals surface area contributed by atoms with Crippen molar-refractivity contribution in [1.29, 1.82) is 0 Å². The lowest BCUT2D eigenvalue weighted by Gasteiger charge is -2.41. The van der Waals surface area contributed by atoms with Crippen molar-refractivity contribution in [3.63, 3.8) is 0 Å². The highest BCUT2D eigenvalue weighted by Gasteiger charge is 2.39. The predicted molar refractivity (Wildman–Crippen MR) is 81.1 cm³/mol. The molecule has 0 aromatic carbocycles. The van der Waals surface area contributed by atoms with E-state index in [1.165, 1.54) is 5.57 Å². The van der Waals surface area contributed by atoms with Crippen molar-refractivity contribution in [3.05, 3.63) is 35.5 Å². The van der Waals surface area contributed by atoms with E-state index in [1.54, 1.807) is 0 Å². The van der Waals surface area contributed by atoms with Crippen molar-refractivity contribution in [2.24, 2.45) is 21.7 Å². The van der Waals surface area contributed by atoms with E-state index >= 15 is 0 Å². The topological polar surface area (TPSA) is 32.6 Å². The molecule has 2 heteroatoms. The first-order valence-electron chi connectivity index (χ1n) is 6.98. The van der Waals surface area contributed by atoms with E-state index in [4.69, 9.17) is 0 Å². The van der Waals surface area contributed by atoms with Gasteiger partial charge in [-0.25, -0.2) is 0 Å². The van der Waals surface area contributed by atoms with Crippen LogP contribution in [0.2, 0.25) is 0 Å². The largest absolute Gasteiger partial charge is 0.368 e. The number of dihydropyridines is 1. The summed E-state index contributed by atoms with van der Waals surface area (Å²) >= 11 is 0. The van der Waals surface area contributed by atoms with Gasteiger partial charge in [-0.2, -0.15) is 0 Å². The molecule has 104 valence electrons. The van der Waals surface area contributed by atoms with E-state index in [9.17, 15) is 5.11 Å². The van der Waals surface area contributed by atoms with Gasteiger partial charge < -0.3 is 5.11 Å². The molecule has 0 saturated carbocycles. The first-order chi connectivity index (χ1) is 8.62. The standard InChI is InChI=1S/C17H25NO/c1-16(2,3)13-11-9-7-8-10-12(11)18-15(19)14(13)17(4,5)6/h7-11,15,19H,1-6H3. The number of allylic oxidation sites excluding steroid dienone is 5. The number of rotatable bonds is 0. The highest BCUT2D eigenvalue weighted by atomic mass is 16.3. The van der Waals surface area contributed by atoms with Crippen LogP contribution in [0, 0.1) is 16.7 Å². The van der Waals surface area contributed by atoms with Crippen molar-refractivity contribution in [2.45, 2.75) is 47.8 Å². The fraction of sp³-hybridized carbons (Fsp3) is 0.588. The third-order valence-corrected chi connectivity index (χ3v) is 3.75. The monoisotopic (exact) mass is 259 g/mol. The van der Waals surface area contributed by atoms with E-state index in [0.717, 1.165) is 11.3 Å². The predicted octanol–water partition coefficient (Wildman–Crippen LogP) is 3.89. The van der Waals surface area contributed by atoms with Gasteiger partial charge in [-0.05, 0) is 28.1 Å². The fourth-order valence-electron chi connectivity index (χ4n) is 3.07. The Kier molecular flexibility index (Phi) is 3.34. The van der Waals surface area contributed by atoms with Gasteiger partial charge in [0.05, 0.1) is 0 Å². The van der Waals surface area contributed by atoms with Crippen LogP contribution in [0.3, 0.4) is 0 Å². The summed E-state index contributed by atoms with van der Waals surface area (Å²) in [5.74, 6) is 0.211. The zero-order valence-corrected chi connectivity index (χ0v) is 12.9. The van der Waals surface area contributed by atoms with E-state index in [0.29, 0.717) is 0 Å². The summed E-state index contributed by atoms with van der Waals surface area (Å²) in [6, 6.07) is 0. The molecular weight excluding hydrogens is 234 g/mol. The molecule has 0 radical (unpaired) electrons. The van der Waals surface area contributed by atoms with Crippen LogP contribution in [0.1, 0.15) is 41.5 Å². The summed E-state index contributed by atoms with van der Waals surface area (Å²) in [7, 11) is 0. The maximum Gasteiger partial charge on any atom is 0.168 e. The number of aliphatic hydroxyl groups excluding tert-OH is 1. The minimum Gasteiger partial charge on any atom is -0.368 e. The summed E-state index contributed by atoms with van der Waals surface area (Å²) in [5, 5.41) is 10.5. The van der Waals surface area contributed by atoms with E-state index in [2.05, 4.69) is 58.7 Å². The van der Waals surface area contributed by atoms with Gasteiger partial charge in [0.2, 0.25) is 0 Å². The van der Waals surface area contributed by atoms with Gasteiger partial charge in [0.25, 0.3) is 0 Å². The van der Waals surface area contributed by atoms with Gasteiger partial charge in [-0.3, -0.25) is 4.99 Å². The minimum absolute atomic E-state index is 0.0188. The number of hydrogen-bond acceptors (Lipinski definition) is 2. The smallest absolute Gasteiger partial charge is 0.168 e. The molecule has 1 aliphatic heterocycles. The van der Waals surface area contributed by atoms with Crippen LogP contribution in [0.4, 0.5) is 0 Å². The first-order valence-corrected chi connectivity index (χ1v) is 6.98. The Bertz CT molecular complexity index is 492. The maximum atomic E-state index is 10.5. The molecule has 1 aliphatic carbocycles. The molecule has 0 spiro atoms. The molecule has 1 heterocycles. The summed E-state index contributed by atoms with van der Waals surface area (Å²) in [4.78, 5) is 4.49. The van der Waals surface area contributed by atoms with E-state index in [1.807, 2.05) is 12.2 Å². The average Bonchev–Trinajstić information content (AvgIpc) is 2.24. The summed E-state index contributed by atoms with van der Waals surface area (Å²) in [6.45, 7) is 13.1. The Morgan fingerprint density at radius 3 is 2.05 bits per heavy atom. The first kappa shape index (κ1) is 14.3. The molecular formula is C17H25NO. The Hall–Kier alpha value is -1.15. The van der Waals surface area contributed by atoms with Crippen LogP contribution < -0.4 is 0 Å². The average molecular weight is 259 g/mol. The molecule has 2 nitrogen and oxygen atoms in total. The van der Waals surface area contributed by atoms with Crippen molar-refractivity contribution in [3.8, 4) is 0 Å². The van der Waals surface area contributed by atoms with Crippen LogP contribution >= 0.6 is 0 Å². The van der Waals surface area contributed by atoms with Crippen LogP contribution in [-0.2, 0) is 0 Å². The Balaban J connectivity index is 2.65. The normalized spacial score (nSPS) is 27.4. The quantitative estimate of drug-likeness (QED) is 0.658. The van der Waals surface area contributed by atoms with E-state index in [-0.39, 0.29) is 16.7 Å². The Morgan fingerprint density at radius 1 is 0.947 bits per heavy atom. The Morgan fingerprint density at radius 2 is 1.53 bits per heavy atom. The number of aliphatic hydroxyl groups is 1. The lowest BCUT2D eigenvalue weighted by Crippen LogP contribution is -2.37. The molecule has 2 aliphatic rings. The lowest BCUT2D eigenvalue weighted by molar-refractivity contribution is 0.183. The molecule has 1 N–H and O–H groups in total. The number of nitrogens with zero attached hydrogens (tertiary/aromatic N) is 1. The molecule has 0 fully saturated rings. The van der Waals surface area contributed by atoms with Gasteiger partial charge in [0.1, 0.15) is 0 Å². The van der Waals surface area contributed by atoms with Crippen LogP contribution in [0.5, 0.6) is 0 Å². The van der Waals surface area contributed by atoms with Gasteiger partial charge in [-0.1, -0.05) is 59.8 Å². The molecule has 0 aromatic heterocycles. The highest BCUT2D eigenvalue weighted by molar-refractivity contribution is 6.02. The second-order valence-corrected chi connectivity index (χ2v) is 7.48. The summed E-state index contributed by atoms with van der Waals surface area (Å²) in [6.07, 6.45) is 7.56. The number of fused-ring (bicyclic) bond motifs is 1. The van der Waals surface area contributed by atoms with Crippen LogP contribution in [-0.4, -0.2) is 17.0 Å². The molecule has 2 rings (SSSR count). The zero-order valence-electron chi connectivity index (χ0n) is 12.9. The van der Waals surface area contributed by atoms with Gasteiger partial charge in [0.15, 0.2) is 6.23 Å². The molecule has 0 amide bonds. The van der Waals surface area contributed by atoms with E-state index < -0.39 is 6.23 Å². The second kappa shape index (κ2) is 4.45. The maximum absolute atomic E-state index is 10.5. The summed E-state index contributed by atoms with van der Waals surface area (Å²) in [5.41, 5.74) is 3.32.